The third-order valence-electron chi connectivity index (χ3n) is 2.82. The summed E-state index contributed by atoms with van der Waals surface area (Å²) >= 11 is 0. The molecule has 0 atom stereocenters. The fourth-order valence-electron chi connectivity index (χ4n) is 2.13. The van der Waals surface area contributed by atoms with Crippen molar-refractivity contribution in [3.05, 3.63) is 24.0 Å². The second kappa shape index (κ2) is 4.48. The van der Waals surface area contributed by atoms with Crippen molar-refractivity contribution in [2.45, 2.75) is 25.9 Å². The van der Waals surface area contributed by atoms with Crippen molar-refractivity contribution in [2.24, 2.45) is 0 Å². The van der Waals surface area contributed by atoms with Gasteiger partial charge in [0, 0.05) is 12.6 Å². The van der Waals surface area contributed by atoms with Gasteiger partial charge in [-0.15, -0.1) is 0 Å². The lowest BCUT2D eigenvalue weighted by Gasteiger charge is -2.40. The van der Waals surface area contributed by atoms with E-state index < -0.39 is 11.6 Å². The standard InChI is InChI=1S/C13H16FNO3/c1-13(2)8-15(6-5-12(16)17)10-7-9(14)3-4-11(10)18-13/h3-4,7H,5-6,8H2,1-2H3,(H,16,17). The van der Waals surface area contributed by atoms with Gasteiger partial charge in [-0.25, -0.2) is 4.39 Å². The number of anilines is 1. The van der Waals surface area contributed by atoms with Gasteiger partial charge in [0.1, 0.15) is 17.2 Å². The minimum atomic E-state index is -0.864. The molecule has 0 aliphatic carbocycles. The van der Waals surface area contributed by atoms with E-state index in [-0.39, 0.29) is 12.2 Å². The first-order chi connectivity index (χ1) is 8.37. The molecule has 1 aromatic rings. The number of hydrogen-bond donors (Lipinski definition) is 1. The number of rotatable bonds is 3. The van der Waals surface area contributed by atoms with Gasteiger partial charge in [-0.2, -0.15) is 0 Å². The van der Waals surface area contributed by atoms with E-state index in [0.29, 0.717) is 24.5 Å². The highest BCUT2D eigenvalue weighted by molar-refractivity contribution is 5.68. The van der Waals surface area contributed by atoms with E-state index in [1.165, 1.54) is 12.1 Å². The van der Waals surface area contributed by atoms with Gasteiger partial charge in [-0.05, 0) is 26.0 Å². The van der Waals surface area contributed by atoms with Gasteiger partial charge >= 0.3 is 5.97 Å². The first-order valence-corrected chi connectivity index (χ1v) is 5.83. The minimum absolute atomic E-state index is 0.0199. The molecule has 1 aromatic carbocycles. The molecule has 0 bridgehead atoms. The second-order valence-corrected chi connectivity index (χ2v) is 5.04. The van der Waals surface area contributed by atoms with Crippen LogP contribution >= 0.6 is 0 Å². The molecule has 0 fully saturated rings. The number of halogens is 1. The lowest BCUT2D eigenvalue weighted by atomic mass is 10.0. The molecule has 98 valence electrons. The monoisotopic (exact) mass is 253 g/mol. The Bertz CT molecular complexity index is 473. The summed E-state index contributed by atoms with van der Waals surface area (Å²) in [5.74, 6) is -0.618. The molecule has 0 unspecified atom stereocenters. The second-order valence-electron chi connectivity index (χ2n) is 5.04. The molecule has 0 amide bonds. The van der Waals surface area contributed by atoms with Crippen molar-refractivity contribution in [3.8, 4) is 5.75 Å². The summed E-state index contributed by atoms with van der Waals surface area (Å²) in [6, 6.07) is 4.31. The Morgan fingerprint density at radius 3 is 2.94 bits per heavy atom. The quantitative estimate of drug-likeness (QED) is 0.897. The van der Waals surface area contributed by atoms with E-state index >= 15 is 0 Å². The average molecular weight is 253 g/mol. The average Bonchev–Trinajstić information content (AvgIpc) is 2.26. The van der Waals surface area contributed by atoms with Crippen LogP contribution in [0.25, 0.3) is 0 Å². The molecule has 0 spiro atoms. The molecule has 0 saturated heterocycles. The maximum atomic E-state index is 13.3. The van der Waals surface area contributed by atoms with Crippen molar-refractivity contribution in [3.63, 3.8) is 0 Å². The first kappa shape index (κ1) is 12.7. The van der Waals surface area contributed by atoms with Crippen LogP contribution in [0, 0.1) is 5.82 Å². The number of aliphatic carboxylic acids is 1. The Balaban J connectivity index is 2.29. The molecule has 5 heteroatoms. The number of fused-ring (bicyclic) bond motifs is 1. The lowest BCUT2D eigenvalue weighted by molar-refractivity contribution is -0.136. The number of benzene rings is 1. The van der Waals surface area contributed by atoms with E-state index in [0.717, 1.165) is 0 Å². The summed E-state index contributed by atoms with van der Waals surface area (Å²) in [6.07, 6.45) is 0.0199. The van der Waals surface area contributed by atoms with Crippen molar-refractivity contribution in [2.75, 3.05) is 18.0 Å². The predicted molar refractivity (Wildman–Crippen MR) is 65.6 cm³/mol. The van der Waals surface area contributed by atoms with Crippen molar-refractivity contribution in [1.82, 2.24) is 0 Å². The van der Waals surface area contributed by atoms with Crippen LogP contribution < -0.4 is 9.64 Å². The molecule has 1 N–H and O–H groups in total. The molecule has 1 heterocycles. The number of ether oxygens (including phenoxy) is 1. The number of carbonyl (C=O) groups is 1. The Morgan fingerprint density at radius 1 is 1.56 bits per heavy atom. The minimum Gasteiger partial charge on any atom is -0.484 e. The molecular formula is C13H16FNO3. The van der Waals surface area contributed by atoms with E-state index in [2.05, 4.69) is 0 Å². The third kappa shape index (κ3) is 2.72. The topological polar surface area (TPSA) is 49.8 Å². The summed E-state index contributed by atoms with van der Waals surface area (Å²) in [4.78, 5) is 12.5. The van der Waals surface area contributed by atoms with Crippen molar-refractivity contribution >= 4 is 11.7 Å². The van der Waals surface area contributed by atoms with E-state index in [1.807, 2.05) is 18.7 Å². The highest BCUT2D eigenvalue weighted by Crippen LogP contribution is 2.37. The molecule has 2 rings (SSSR count). The molecule has 0 aromatic heterocycles. The summed E-state index contributed by atoms with van der Waals surface area (Å²) in [5, 5.41) is 8.74. The molecule has 1 aliphatic rings. The highest BCUT2D eigenvalue weighted by Gasteiger charge is 2.31. The van der Waals surface area contributed by atoms with Gasteiger partial charge in [-0.1, -0.05) is 0 Å². The maximum absolute atomic E-state index is 13.3. The Morgan fingerprint density at radius 2 is 2.28 bits per heavy atom. The molecule has 0 radical (unpaired) electrons. The van der Waals surface area contributed by atoms with Gasteiger partial charge in [0.05, 0.1) is 18.7 Å². The number of hydrogen-bond acceptors (Lipinski definition) is 3. The third-order valence-corrected chi connectivity index (χ3v) is 2.82. The zero-order valence-electron chi connectivity index (χ0n) is 10.4. The van der Waals surface area contributed by atoms with Crippen LogP contribution in [-0.2, 0) is 4.79 Å². The van der Waals surface area contributed by atoms with Crippen LogP contribution in [0.5, 0.6) is 5.75 Å². The molecule has 1 aliphatic heterocycles. The van der Waals surface area contributed by atoms with Gasteiger partial charge in [0.2, 0.25) is 0 Å². The largest absolute Gasteiger partial charge is 0.484 e. The first-order valence-electron chi connectivity index (χ1n) is 5.83. The van der Waals surface area contributed by atoms with Crippen LogP contribution in [-0.4, -0.2) is 29.8 Å². The smallest absolute Gasteiger partial charge is 0.305 e. The number of carboxylic acids is 1. The molecule has 4 nitrogen and oxygen atoms in total. The van der Waals surface area contributed by atoms with Gasteiger partial charge < -0.3 is 14.7 Å². The Kier molecular flexibility index (Phi) is 3.15. The predicted octanol–water partition coefficient (Wildman–Crippen LogP) is 2.28. The summed E-state index contributed by atoms with van der Waals surface area (Å²) in [7, 11) is 0. The van der Waals surface area contributed by atoms with Gasteiger partial charge in [-0.3, -0.25) is 4.79 Å². The normalized spacial score (nSPS) is 16.9. The number of carboxylic acid groups (broad SMARTS) is 1. The number of nitrogens with zero attached hydrogens (tertiary/aromatic N) is 1. The van der Waals surface area contributed by atoms with Crippen LogP contribution in [0.1, 0.15) is 20.3 Å². The molecule has 18 heavy (non-hydrogen) atoms. The van der Waals surface area contributed by atoms with Crippen LogP contribution in [0.4, 0.5) is 10.1 Å². The van der Waals surface area contributed by atoms with Crippen molar-refractivity contribution < 1.29 is 19.0 Å². The van der Waals surface area contributed by atoms with E-state index in [1.54, 1.807) is 6.07 Å². The van der Waals surface area contributed by atoms with Crippen LogP contribution in [0.15, 0.2) is 18.2 Å². The lowest BCUT2D eigenvalue weighted by Crippen LogP contribution is -2.47. The SMILES string of the molecule is CC1(C)CN(CCC(=O)O)c2cc(F)ccc2O1. The summed E-state index contributed by atoms with van der Waals surface area (Å²) < 4.78 is 19.0. The Hall–Kier alpha value is -1.78. The fourth-order valence-corrected chi connectivity index (χ4v) is 2.13. The Labute approximate surface area is 105 Å². The van der Waals surface area contributed by atoms with Gasteiger partial charge in [0.25, 0.3) is 0 Å². The zero-order chi connectivity index (χ0) is 13.3. The van der Waals surface area contributed by atoms with Crippen LogP contribution in [0.3, 0.4) is 0 Å². The molecular weight excluding hydrogens is 237 g/mol. The van der Waals surface area contributed by atoms with Gasteiger partial charge in [0.15, 0.2) is 0 Å². The summed E-state index contributed by atoms with van der Waals surface area (Å²) in [5.41, 5.74) is 0.208. The van der Waals surface area contributed by atoms with Crippen molar-refractivity contribution in [1.29, 1.82) is 0 Å². The summed E-state index contributed by atoms with van der Waals surface area (Å²) in [6.45, 7) is 4.73. The fraction of sp³-hybridized carbons (Fsp3) is 0.462. The van der Waals surface area contributed by atoms with E-state index in [4.69, 9.17) is 9.84 Å². The van der Waals surface area contributed by atoms with E-state index in [9.17, 15) is 9.18 Å². The zero-order valence-corrected chi connectivity index (χ0v) is 10.4. The molecule has 0 saturated carbocycles. The maximum Gasteiger partial charge on any atom is 0.305 e. The highest BCUT2D eigenvalue weighted by atomic mass is 19.1. The van der Waals surface area contributed by atoms with Crippen LogP contribution in [0.2, 0.25) is 0 Å².